The first-order valence-electron chi connectivity index (χ1n) is 14.8. The Morgan fingerprint density at radius 2 is 0.977 bits per heavy atom. The average molecular weight is 644 g/mol. The Morgan fingerprint density at radius 3 is 1.34 bits per heavy atom. The molecule has 3 heterocycles. The van der Waals surface area contributed by atoms with E-state index in [9.17, 15) is 0 Å². The van der Waals surface area contributed by atoms with E-state index in [4.69, 9.17) is 52.1 Å². The van der Waals surface area contributed by atoms with Gasteiger partial charge in [-0.25, -0.2) is 9.97 Å². The maximum absolute atomic E-state index is 6.60. The number of hydrogen-bond donors (Lipinski definition) is 2. The van der Waals surface area contributed by atoms with Crippen molar-refractivity contribution in [3.05, 3.63) is 46.4 Å². The first kappa shape index (κ1) is 32.0. The van der Waals surface area contributed by atoms with Crippen molar-refractivity contribution in [1.82, 2.24) is 19.8 Å². The molecular formula is C32H40Cl2N6O4. The van der Waals surface area contributed by atoms with Crippen molar-refractivity contribution < 1.29 is 18.9 Å². The summed E-state index contributed by atoms with van der Waals surface area (Å²) in [5.74, 6) is 4.14. The van der Waals surface area contributed by atoms with Crippen molar-refractivity contribution in [2.45, 2.75) is 12.8 Å². The molecular weight excluding hydrogens is 603 g/mol. The lowest BCUT2D eigenvalue weighted by Gasteiger charge is -2.34. The van der Waals surface area contributed by atoms with Gasteiger partial charge in [-0.1, -0.05) is 23.2 Å². The first-order chi connectivity index (χ1) is 21.4. The maximum Gasteiger partial charge on any atom is 0.145 e. The highest BCUT2D eigenvalue weighted by molar-refractivity contribution is 6.37. The molecule has 10 nitrogen and oxygen atoms in total. The lowest BCUT2D eigenvalue weighted by Crippen LogP contribution is -2.47. The molecule has 0 saturated carbocycles. The molecule has 44 heavy (non-hydrogen) atoms. The molecule has 1 aliphatic heterocycles. The van der Waals surface area contributed by atoms with Crippen molar-refractivity contribution in [2.75, 3.05) is 91.4 Å². The molecule has 4 aromatic rings. The number of aromatic nitrogens is 2. The van der Waals surface area contributed by atoms with Crippen molar-refractivity contribution in [2.24, 2.45) is 0 Å². The quantitative estimate of drug-likeness (QED) is 0.158. The fraction of sp³-hybridized carbons (Fsp3) is 0.438. The van der Waals surface area contributed by atoms with Crippen LogP contribution in [-0.2, 0) is 0 Å². The number of halogens is 2. The van der Waals surface area contributed by atoms with Crippen molar-refractivity contribution in [1.29, 1.82) is 0 Å². The summed E-state index contributed by atoms with van der Waals surface area (Å²) in [6, 6.07) is 11.1. The first-order valence-corrected chi connectivity index (χ1v) is 15.6. The van der Waals surface area contributed by atoms with Gasteiger partial charge in [0, 0.05) is 39.3 Å². The van der Waals surface area contributed by atoms with E-state index in [0.717, 1.165) is 87.6 Å². The zero-order valence-electron chi connectivity index (χ0n) is 25.7. The number of piperazine rings is 1. The third kappa shape index (κ3) is 7.26. The molecule has 0 unspecified atom stereocenters. The zero-order valence-corrected chi connectivity index (χ0v) is 27.2. The van der Waals surface area contributed by atoms with Gasteiger partial charge in [-0.3, -0.25) is 0 Å². The largest absolute Gasteiger partial charge is 0.496 e. The molecule has 2 aromatic carbocycles. The van der Waals surface area contributed by atoms with E-state index in [1.165, 1.54) is 0 Å². The molecule has 236 valence electrons. The highest BCUT2D eigenvalue weighted by atomic mass is 35.5. The predicted octanol–water partition coefficient (Wildman–Crippen LogP) is 6.05. The van der Waals surface area contributed by atoms with Gasteiger partial charge in [0.25, 0.3) is 0 Å². The SMILES string of the molecule is COc1ccc(OC)c2c(Cl)cc(NCCCN3CCN(CCCNc4cc(Cl)c5c(OC)ccc(OC)c5n4)CC3)nc12. The molecule has 1 saturated heterocycles. The summed E-state index contributed by atoms with van der Waals surface area (Å²) in [6.07, 6.45) is 2.02. The number of pyridine rings is 2. The molecule has 0 bridgehead atoms. The third-order valence-electron chi connectivity index (χ3n) is 7.93. The number of hydrogen-bond acceptors (Lipinski definition) is 10. The van der Waals surface area contributed by atoms with Crippen molar-refractivity contribution in [3.63, 3.8) is 0 Å². The second-order valence-corrected chi connectivity index (χ2v) is 11.4. The van der Waals surface area contributed by atoms with Crippen LogP contribution in [0.3, 0.4) is 0 Å². The van der Waals surface area contributed by atoms with Crippen molar-refractivity contribution in [3.8, 4) is 23.0 Å². The van der Waals surface area contributed by atoms with Crippen LogP contribution in [-0.4, -0.2) is 101 Å². The number of ether oxygens (including phenoxy) is 4. The molecule has 5 rings (SSSR count). The van der Waals surface area contributed by atoms with Gasteiger partial charge in [0.05, 0.1) is 49.3 Å². The minimum Gasteiger partial charge on any atom is -0.496 e. The molecule has 1 aliphatic rings. The molecule has 0 atom stereocenters. The van der Waals surface area contributed by atoms with Crippen LogP contribution in [0.2, 0.25) is 10.0 Å². The van der Waals surface area contributed by atoms with Crippen LogP contribution < -0.4 is 29.6 Å². The Kier molecular flexibility index (Phi) is 10.9. The second kappa shape index (κ2) is 15.0. The van der Waals surface area contributed by atoms with Gasteiger partial charge >= 0.3 is 0 Å². The minimum atomic E-state index is 0.581. The zero-order chi connectivity index (χ0) is 31.1. The Morgan fingerprint density at radius 1 is 0.614 bits per heavy atom. The van der Waals surface area contributed by atoms with Crippen LogP contribution >= 0.6 is 23.2 Å². The topological polar surface area (TPSA) is 93.2 Å². The fourth-order valence-electron chi connectivity index (χ4n) is 5.61. The van der Waals surface area contributed by atoms with E-state index in [2.05, 4.69) is 20.4 Å². The molecule has 0 amide bonds. The van der Waals surface area contributed by atoms with Crippen LogP contribution in [0.25, 0.3) is 21.8 Å². The summed E-state index contributed by atoms with van der Waals surface area (Å²) < 4.78 is 21.9. The van der Waals surface area contributed by atoms with Crippen LogP contribution in [0.1, 0.15) is 12.8 Å². The standard InChI is InChI=1S/C32H40Cl2N6O4/c1-41-23-7-9-25(43-3)31-29(23)21(33)19-27(37-31)35-11-5-13-39-15-17-40(18-16-39)14-6-12-36-28-20-22(34)30-24(42-2)8-10-26(44-4)32(30)38-28/h7-10,19-20H,5-6,11-18H2,1-4H3,(H,35,37)(H,36,38). The molecule has 0 aliphatic carbocycles. The summed E-state index contributed by atoms with van der Waals surface area (Å²) in [5, 5.41) is 9.52. The van der Waals surface area contributed by atoms with Gasteiger partial charge in [0.15, 0.2) is 0 Å². The Hall–Kier alpha value is -3.44. The molecule has 0 spiro atoms. The lowest BCUT2D eigenvalue weighted by molar-refractivity contribution is 0.132. The molecule has 2 N–H and O–H groups in total. The van der Waals surface area contributed by atoms with E-state index >= 15 is 0 Å². The van der Waals surface area contributed by atoms with E-state index in [-0.39, 0.29) is 0 Å². The minimum absolute atomic E-state index is 0.581. The number of methoxy groups -OCH3 is 4. The number of rotatable bonds is 14. The number of benzene rings is 2. The Labute approximate surface area is 268 Å². The molecule has 1 fully saturated rings. The molecule has 0 radical (unpaired) electrons. The van der Waals surface area contributed by atoms with E-state index in [0.29, 0.717) is 44.1 Å². The number of fused-ring (bicyclic) bond motifs is 2. The predicted molar refractivity (Wildman–Crippen MR) is 179 cm³/mol. The number of anilines is 2. The van der Waals surface area contributed by atoms with Gasteiger partial charge in [-0.05, 0) is 62.3 Å². The highest BCUT2D eigenvalue weighted by Gasteiger charge is 2.18. The van der Waals surface area contributed by atoms with Crippen molar-refractivity contribution >= 4 is 56.6 Å². The highest BCUT2D eigenvalue weighted by Crippen LogP contribution is 2.39. The van der Waals surface area contributed by atoms with E-state index < -0.39 is 0 Å². The summed E-state index contributed by atoms with van der Waals surface area (Å²) in [5.41, 5.74) is 1.37. The maximum atomic E-state index is 6.60. The van der Waals surface area contributed by atoms with Gasteiger partial charge in [0.2, 0.25) is 0 Å². The van der Waals surface area contributed by atoms with Crippen LogP contribution in [0, 0.1) is 0 Å². The van der Waals surface area contributed by atoms with Crippen LogP contribution in [0.5, 0.6) is 23.0 Å². The monoisotopic (exact) mass is 642 g/mol. The van der Waals surface area contributed by atoms with Gasteiger partial charge in [-0.2, -0.15) is 0 Å². The smallest absolute Gasteiger partial charge is 0.145 e. The lowest BCUT2D eigenvalue weighted by atomic mass is 10.1. The molecule has 2 aromatic heterocycles. The third-order valence-corrected chi connectivity index (χ3v) is 8.53. The Bertz CT molecular complexity index is 1470. The summed E-state index contributed by atoms with van der Waals surface area (Å²) in [4.78, 5) is 14.5. The van der Waals surface area contributed by atoms with Crippen LogP contribution in [0.15, 0.2) is 36.4 Å². The van der Waals surface area contributed by atoms with E-state index in [1.54, 1.807) is 28.4 Å². The average Bonchev–Trinajstić information content (AvgIpc) is 3.04. The van der Waals surface area contributed by atoms with Crippen LogP contribution in [0.4, 0.5) is 11.6 Å². The van der Waals surface area contributed by atoms with Gasteiger partial charge in [-0.15, -0.1) is 0 Å². The summed E-state index contributed by atoms with van der Waals surface area (Å²) in [7, 11) is 6.50. The summed E-state index contributed by atoms with van der Waals surface area (Å²) >= 11 is 13.2. The summed E-state index contributed by atoms with van der Waals surface area (Å²) in [6.45, 7) is 7.92. The van der Waals surface area contributed by atoms with Gasteiger partial charge in [0.1, 0.15) is 45.7 Å². The van der Waals surface area contributed by atoms with E-state index in [1.807, 2.05) is 36.4 Å². The number of nitrogens with one attached hydrogen (secondary N) is 2. The Balaban J connectivity index is 1.03. The number of nitrogens with zero attached hydrogens (tertiary/aromatic N) is 4. The normalized spacial score (nSPS) is 14.1. The molecule has 12 heteroatoms. The second-order valence-electron chi connectivity index (χ2n) is 10.6. The fourth-order valence-corrected chi connectivity index (χ4v) is 6.18. The van der Waals surface area contributed by atoms with Gasteiger partial charge < -0.3 is 39.4 Å².